The molecule has 4 heteroatoms. The molecule has 1 N–H and O–H groups in total. The van der Waals surface area contributed by atoms with E-state index in [1.807, 2.05) is 6.92 Å². The third-order valence-electron chi connectivity index (χ3n) is 2.51. The Morgan fingerprint density at radius 3 is 2.56 bits per heavy atom. The second-order valence-electron chi connectivity index (χ2n) is 5.35. The zero-order chi connectivity index (χ0) is 13.8. The number of hydrogen-bond donors (Lipinski definition) is 1. The molecule has 2 nitrogen and oxygen atoms in total. The van der Waals surface area contributed by atoms with Crippen LogP contribution in [-0.2, 0) is 0 Å². The van der Waals surface area contributed by atoms with Crippen molar-refractivity contribution in [3.05, 3.63) is 29.0 Å². The van der Waals surface area contributed by atoms with Crippen LogP contribution in [-0.4, -0.2) is 18.2 Å². The second kappa shape index (κ2) is 6.39. The summed E-state index contributed by atoms with van der Waals surface area (Å²) in [5.41, 5.74) is 0.0437. The minimum absolute atomic E-state index is 0.0183. The van der Waals surface area contributed by atoms with E-state index in [1.165, 1.54) is 12.1 Å². The fourth-order valence-electron chi connectivity index (χ4n) is 1.43. The van der Waals surface area contributed by atoms with Crippen LogP contribution in [0.1, 0.15) is 34.1 Å². The SMILES string of the molecule is CCC(CNC(C)(C)C)Oc1ccc(Cl)c(F)c1. The van der Waals surface area contributed by atoms with Gasteiger partial charge in [0.1, 0.15) is 17.7 Å². The van der Waals surface area contributed by atoms with Gasteiger partial charge in [-0.15, -0.1) is 0 Å². The predicted octanol–water partition coefficient (Wildman–Crippen LogP) is 4.02. The average molecular weight is 274 g/mol. The van der Waals surface area contributed by atoms with E-state index in [2.05, 4.69) is 26.1 Å². The first-order valence-corrected chi connectivity index (χ1v) is 6.56. The lowest BCUT2D eigenvalue weighted by Crippen LogP contribution is -2.42. The Morgan fingerprint density at radius 1 is 1.39 bits per heavy atom. The van der Waals surface area contributed by atoms with E-state index in [9.17, 15) is 4.39 Å². The smallest absolute Gasteiger partial charge is 0.145 e. The third-order valence-corrected chi connectivity index (χ3v) is 2.82. The van der Waals surface area contributed by atoms with Crippen molar-refractivity contribution in [1.82, 2.24) is 5.32 Å². The Hall–Kier alpha value is -0.800. The van der Waals surface area contributed by atoms with Crippen LogP contribution in [0, 0.1) is 5.82 Å². The van der Waals surface area contributed by atoms with Crippen molar-refractivity contribution in [2.45, 2.75) is 45.8 Å². The maximum Gasteiger partial charge on any atom is 0.145 e. The van der Waals surface area contributed by atoms with E-state index in [-0.39, 0.29) is 16.7 Å². The van der Waals surface area contributed by atoms with Crippen LogP contribution in [0.3, 0.4) is 0 Å². The Labute approximate surface area is 113 Å². The average Bonchev–Trinajstić information content (AvgIpc) is 2.28. The van der Waals surface area contributed by atoms with Crippen molar-refractivity contribution in [2.24, 2.45) is 0 Å². The Kier molecular flexibility index (Phi) is 5.42. The molecule has 0 radical (unpaired) electrons. The summed E-state index contributed by atoms with van der Waals surface area (Å²) in [6.07, 6.45) is 0.873. The van der Waals surface area contributed by atoms with Gasteiger partial charge in [-0.1, -0.05) is 18.5 Å². The zero-order valence-corrected chi connectivity index (χ0v) is 12.1. The fraction of sp³-hybridized carbons (Fsp3) is 0.571. The van der Waals surface area contributed by atoms with Crippen molar-refractivity contribution in [1.29, 1.82) is 0 Å². The molecule has 0 aliphatic heterocycles. The van der Waals surface area contributed by atoms with E-state index in [1.54, 1.807) is 6.07 Å². The summed E-state index contributed by atoms with van der Waals surface area (Å²) in [6, 6.07) is 4.52. The normalized spacial score (nSPS) is 13.4. The van der Waals surface area contributed by atoms with Gasteiger partial charge in [-0.25, -0.2) is 4.39 Å². The molecule has 0 aliphatic rings. The minimum Gasteiger partial charge on any atom is -0.489 e. The van der Waals surface area contributed by atoms with Crippen molar-refractivity contribution < 1.29 is 9.13 Å². The molecular weight excluding hydrogens is 253 g/mol. The number of rotatable bonds is 5. The van der Waals surface area contributed by atoms with E-state index in [0.29, 0.717) is 5.75 Å². The van der Waals surface area contributed by atoms with Crippen molar-refractivity contribution >= 4 is 11.6 Å². The summed E-state index contributed by atoms with van der Waals surface area (Å²) in [5.74, 6) is 0.0623. The monoisotopic (exact) mass is 273 g/mol. The highest BCUT2D eigenvalue weighted by atomic mass is 35.5. The van der Waals surface area contributed by atoms with E-state index < -0.39 is 5.82 Å². The van der Waals surface area contributed by atoms with Gasteiger partial charge in [0.2, 0.25) is 0 Å². The van der Waals surface area contributed by atoms with Crippen LogP contribution in [0.5, 0.6) is 5.75 Å². The van der Waals surface area contributed by atoms with Gasteiger partial charge in [0.15, 0.2) is 0 Å². The molecule has 0 fully saturated rings. The highest BCUT2D eigenvalue weighted by Gasteiger charge is 2.14. The van der Waals surface area contributed by atoms with Gasteiger partial charge in [0, 0.05) is 18.2 Å². The molecule has 0 saturated heterocycles. The zero-order valence-electron chi connectivity index (χ0n) is 11.4. The Morgan fingerprint density at radius 2 is 2.06 bits per heavy atom. The molecule has 1 aromatic carbocycles. The van der Waals surface area contributed by atoms with Gasteiger partial charge in [-0.3, -0.25) is 0 Å². The quantitative estimate of drug-likeness (QED) is 0.875. The lowest BCUT2D eigenvalue weighted by Gasteiger charge is -2.25. The first-order valence-electron chi connectivity index (χ1n) is 6.18. The molecule has 0 amide bonds. The lowest BCUT2D eigenvalue weighted by molar-refractivity contribution is 0.180. The largest absolute Gasteiger partial charge is 0.489 e. The first kappa shape index (κ1) is 15.3. The molecule has 18 heavy (non-hydrogen) atoms. The molecule has 0 saturated carbocycles. The molecule has 0 heterocycles. The van der Waals surface area contributed by atoms with Crippen LogP contribution >= 0.6 is 11.6 Å². The molecule has 0 bridgehead atoms. The van der Waals surface area contributed by atoms with Crippen LogP contribution < -0.4 is 10.1 Å². The Bertz CT molecular complexity index is 390. The maximum absolute atomic E-state index is 13.3. The van der Waals surface area contributed by atoms with Gasteiger partial charge in [-0.05, 0) is 39.3 Å². The summed E-state index contributed by atoms with van der Waals surface area (Å²) in [5, 5.41) is 3.49. The summed E-state index contributed by atoms with van der Waals surface area (Å²) < 4.78 is 19.0. The molecule has 0 aliphatic carbocycles. The summed E-state index contributed by atoms with van der Waals surface area (Å²) in [4.78, 5) is 0. The highest BCUT2D eigenvalue weighted by Crippen LogP contribution is 2.21. The van der Waals surface area contributed by atoms with Crippen LogP contribution in [0.15, 0.2) is 18.2 Å². The summed E-state index contributed by atoms with van der Waals surface area (Å²) in [7, 11) is 0. The molecule has 102 valence electrons. The molecule has 1 atom stereocenters. The fourth-order valence-corrected chi connectivity index (χ4v) is 1.55. The van der Waals surface area contributed by atoms with Crippen LogP contribution in [0.4, 0.5) is 4.39 Å². The van der Waals surface area contributed by atoms with Gasteiger partial charge >= 0.3 is 0 Å². The molecule has 0 aromatic heterocycles. The first-order chi connectivity index (χ1) is 8.31. The minimum atomic E-state index is -0.451. The molecule has 0 spiro atoms. The molecule has 1 rings (SSSR count). The van der Waals surface area contributed by atoms with E-state index in [0.717, 1.165) is 13.0 Å². The summed E-state index contributed by atoms with van der Waals surface area (Å²) in [6.45, 7) is 9.07. The van der Waals surface area contributed by atoms with Gasteiger partial charge in [0.05, 0.1) is 5.02 Å². The molecular formula is C14H21ClFNO. The summed E-state index contributed by atoms with van der Waals surface area (Å²) >= 11 is 5.63. The third kappa shape index (κ3) is 5.23. The molecule has 1 aromatic rings. The standard InChI is InChI=1S/C14H21ClFNO/c1-5-10(9-17-14(2,3)4)18-11-6-7-12(15)13(16)8-11/h6-8,10,17H,5,9H2,1-4H3. The lowest BCUT2D eigenvalue weighted by atomic mass is 10.1. The van der Waals surface area contributed by atoms with Crippen LogP contribution in [0.2, 0.25) is 5.02 Å². The van der Waals surface area contributed by atoms with E-state index >= 15 is 0 Å². The van der Waals surface area contributed by atoms with Crippen molar-refractivity contribution in [3.8, 4) is 5.75 Å². The van der Waals surface area contributed by atoms with E-state index in [4.69, 9.17) is 16.3 Å². The van der Waals surface area contributed by atoms with Gasteiger partial charge in [0.25, 0.3) is 0 Å². The highest BCUT2D eigenvalue weighted by molar-refractivity contribution is 6.30. The topological polar surface area (TPSA) is 21.3 Å². The van der Waals surface area contributed by atoms with Crippen molar-refractivity contribution in [3.63, 3.8) is 0 Å². The van der Waals surface area contributed by atoms with Crippen molar-refractivity contribution in [2.75, 3.05) is 6.54 Å². The Balaban J connectivity index is 2.59. The maximum atomic E-state index is 13.3. The number of halogens is 2. The number of hydrogen-bond acceptors (Lipinski definition) is 2. The van der Waals surface area contributed by atoms with Crippen LogP contribution in [0.25, 0.3) is 0 Å². The van der Waals surface area contributed by atoms with Gasteiger partial charge in [-0.2, -0.15) is 0 Å². The van der Waals surface area contributed by atoms with Gasteiger partial charge < -0.3 is 10.1 Å². The predicted molar refractivity (Wildman–Crippen MR) is 73.9 cm³/mol. The number of ether oxygens (including phenoxy) is 1. The molecule has 1 unspecified atom stereocenters. The number of nitrogens with one attached hydrogen (secondary N) is 1. The second-order valence-corrected chi connectivity index (χ2v) is 5.76. The number of benzene rings is 1.